The average Bonchev–Trinajstić information content (AvgIpc) is 3.41. The third-order valence-electron chi connectivity index (χ3n) is 5.83. The zero-order valence-corrected chi connectivity index (χ0v) is 21.4. The minimum absolute atomic E-state index is 0.0473. The molecule has 0 saturated heterocycles. The second kappa shape index (κ2) is 8.85. The highest BCUT2D eigenvalue weighted by molar-refractivity contribution is 7.98. The zero-order chi connectivity index (χ0) is 24.0. The van der Waals surface area contributed by atoms with E-state index in [4.69, 9.17) is 4.98 Å². The Morgan fingerprint density at radius 1 is 1.03 bits per heavy atom. The minimum Gasteiger partial charge on any atom is -0.274 e. The van der Waals surface area contributed by atoms with Gasteiger partial charge < -0.3 is 0 Å². The molecular formula is C26H25N5OS2. The quantitative estimate of drug-likeness (QED) is 0.263. The topological polar surface area (TPSA) is 63.4 Å². The van der Waals surface area contributed by atoms with Crippen LogP contribution in [-0.2, 0) is 10.5 Å². The summed E-state index contributed by atoms with van der Waals surface area (Å²) >= 11 is 3.08. The first kappa shape index (κ1) is 22.6. The van der Waals surface area contributed by atoms with Crippen LogP contribution in [0.3, 0.4) is 0 Å². The number of fused-ring (bicyclic) bond motifs is 3. The molecule has 3 heterocycles. The predicted octanol–water partition coefficient (Wildman–Crippen LogP) is 6.55. The van der Waals surface area contributed by atoms with E-state index in [1.165, 1.54) is 27.8 Å². The van der Waals surface area contributed by atoms with Crippen molar-refractivity contribution in [3.8, 4) is 0 Å². The van der Waals surface area contributed by atoms with Crippen LogP contribution in [0.4, 0.5) is 10.8 Å². The van der Waals surface area contributed by atoms with Crippen molar-refractivity contribution in [1.82, 2.24) is 19.6 Å². The molecule has 8 heteroatoms. The van der Waals surface area contributed by atoms with Crippen LogP contribution in [-0.4, -0.2) is 25.5 Å². The molecular weight excluding hydrogens is 462 g/mol. The van der Waals surface area contributed by atoms with E-state index in [0.717, 1.165) is 38.8 Å². The number of aromatic nitrogens is 4. The van der Waals surface area contributed by atoms with E-state index in [1.54, 1.807) is 23.6 Å². The molecule has 0 atom stereocenters. The maximum atomic E-state index is 12.7. The van der Waals surface area contributed by atoms with Gasteiger partial charge in [-0.15, -0.1) is 21.5 Å². The van der Waals surface area contributed by atoms with Gasteiger partial charge in [0.1, 0.15) is 0 Å². The Labute approximate surface area is 206 Å². The number of hydrogen-bond acceptors (Lipinski definition) is 6. The number of carbonyl (C=O) groups is 1. The first-order valence-electron chi connectivity index (χ1n) is 11.0. The fourth-order valence-electron chi connectivity index (χ4n) is 4.48. The van der Waals surface area contributed by atoms with Crippen LogP contribution in [0, 0.1) is 27.7 Å². The number of rotatable bonds is 5. The van der Waals surface area contributed by atoms with Crippen molar-refractivity contribution >= 4 is 56.4 Å². The van der Waals surface area contributed by atoms with E-state index in [-0.39, 0.29) is 5.91 Å². The first-order valence-corrected chi connectivity index (χ1v) is 12.9. The van der Waals surface area contributed by atoms with Crippen molar-refractivity contribution in [1.29, 1.82) is 0 Å². The lowest BCUT2D eigenvalue weighted by Crippen LogP contribution is -2.24. The molecule has 0 N–H and O–H groups in total. The second-order valence-electron chi connectivity index (χ2n) is 8.53. The van der Waals surface area contributed by atoms with E-state index in [1.807, 2.05) is 31.4 Å². The standard InChI is InChI=1S/C26H25N5OS2/c1-15-10-17(3)24(18(4)11-15)30(19(5)32)25-27-20(13-33-25)14-34-26-29-28-23-12-16(2)21-8-6-7-9-22(21)31(23)26/h6-13H,14H2,1-5H3. The highest BCUT2D eigenvalue weighted by Crippen LogP contribution is 2.35. The van der Waals surface area contributed by atoms with Crippen LogP contribution in [0.5, 0.6) is 0 Å². The number of thiazole rings is 1. The van der Waals surface area contributed by atoms with Crippen LogP contribution in [0.15, 0.2) is 53.0 Å². The van der Waals surface area contributed by atoms with Gasteiger partial charge in [0, 0.05) is 23.4 Å². The monoisotopic (exact) mass is 487 g/mol. The molecule has 2 aromatic carbocycles. The molecule has 34 heavy (non-hydrogen) atoms. The maximum Gasteiger partial charge on any atom is 0.230 e. The number of benzene rings is 2. The van der Waals surface area contributed by atoms with Crippen LogP contribution in [0.2, 0.25) is 0 Å². The van der Waals surface area contributed by atoms with Gasteiger partial charge in [0.15, 0.2) is 15.9 Å². The lowest BCUT2D eigenvalue weighted by Gasteiger charge is -2.23. The first-order chi connectivity index (χ1) is 16.3. The molecule has 0 fully saturated rings. The zero-order valence-electron chi connectivity index (χ0n) is 19.8. The van der Waals surface area contributed by atoms with Crippen molar-refractivity contribution in [3.05, 3.63) is 75.8 Å². The van der Waals surface area contributed by atoms with E-state index in [0.29, 0.717) is 10.9 Å². The number of carbonyl (C=O) groups excluding carboxylic acids is 1. The van der Waals surface area contributed by atoms with Crippen LogP contribution in [0.25, 0.3) is 16.6 Å². The smallest absolute Gasteiger partial charge is 0.230 e. The number of nitrogens with zero attached hydrogens (tertiary/aromatic N) is 5. The van der Waals surface area contributed by atoms with Crippen molar-refractivity contribution < 1.29 is 4.79 Å². The molecule has 0 aliphatic carbocycles. The SMILES string of the molecule is CC(=O)N(c1nc(CSc2nnc3cc(C)c4ccccc4n23)cs1)c1c(C)cc(C)cc1C. The molecule has 3 aromatic heterocycles. The second-order valence-corrected chi connectivity index (χ2v) is 10.3. The Bertz CT molecular complexity index is 1530. The van der Waals surface area contributed by atoms with E-state index >= 15 is 0 Å². The molecule has 0 radical (unpaired) electrons. The van der Waals surface area contributed by atoms with Gasteiger partial charge in [-0.3, -0.25) is 14.1 Å². The molecule has 6 nitrogen and oxygen atoms in total. The molecule has 0 spiro atoms. The van der Waals surface area contributed by atoms with Gasteiger partial charge in [0.2, 0.25) is 5.91 Å². The number of hydrogen-bond donors (Lipinski definition) is 0. The van der Waals surface area contributed by atoms with Crippen LogP contribution < -0.4 is 4.90 Å². The van der Waals surface area contributed by atoms with Crippen molar-refractivity contribution in [2.75, 3.05) is 4.90 Å². The summed E-state index contributed by atoms with van der Waals surface area (Å²) < 4.78 is 2.10. The molecule has 5 rings (SSSR count). The Morgan fingerprint density at radius 2 is 1.76 bits per heavy atom. The number of thioether (sulfide) groups is 1. The Morgan fingerprint density at radius 3 is 2.50 bits per heavy atom. The highest BCUT2D eigenvalue weighted by atomic mass is 32.2. The molecule has 0 aliphatic heterocycles. The molecule has 0 bridgehead atoms. The highest BCUT2D eigenvalue weighted by Gasteiger charge is 2.22. The van der Waals surface area contributed by atoms with Gasteiger partial charge in [-0.2, -0.15) is 0 Å². The van der Waals surface area contributed by atoms with E-state index in [2.05, 4.69) is 58.8 Å². The number of para-hydroxylation sites is 1. The Balaban J connectivity index is 1.45. The third kappa shape index (κ3) is 3.97. The molecule has 1 amide bonds. The fourth-order valence-corrected chi connectivity index (χ4v) is 6.31. The average molecular weight is 488 g/mol. The van der Waals surface area contributed by atoms with Gasteiger partial charge in [0.25, 0.3) is 0 Å². The summed E-state index contributed by atoms with van der Waals surface area (Å²) in [5, 5.41) is 13.5. The van der Waals surface area contributed by atoms with Gasteiger partial charge >= 0.3 is 0 Å². The summed E-state index contributed by atoms with van der Waals surface area (Å²) in [6.45, 7) is 9.83. The summed E-state index contributed by atoms with van der Waals surface area (Å²) in [5.41, 5.74) is 8.25. The Hall–Kier alpha value is -3.23. The maximum absolute atomic E-state index is 12.7. The van der Waals surface area contributed by atoms with Gasteiger partial charge in [0.05, 0.1) is 16.9 Å². The molecule has 0 saturated carbocycles. The molecule has 0 unspecified atom stereocenters. The molecule has 5 aromatic rings. The normalized spacial score (nSPS) is 11.4. The van der Waals surface area contributed by atoms with Crippen molar-refractivity contribution in [2.24, 2.45) is 0 Å². The van der Waals surface area contributed by atoms with Gasteiger partial charge in [-0.1, -0.05) is 47.7 Å². The Kier molecular flexibility index (Phi) is 5.87. The number of pyridine rings is 1. The summed E-state index contributed by atoms with van der Waals surface area (Å²) in [6, 6.07) is 14.6. The number of anilines is 2. The van der Waals surface area contributed by atoms with Gasteiger partial charge in [-0.05, 0) is 56.5 Å². The van der Waals surface area contributed by atoms with E-state index < -0.39 is 0 Å². The largest absolute Gasteiger partial charge is 0.274 e. The molecule has 0 aliphatic rings. The van der Waals surface area contributed by atoms with Crippen molar-refractivity contribution in [2.45, 2.75) is 45.5 Å². The van der Waals surface area contributed by atoms with Crippen LogP contribution in [0.1, 0.15) is 34.9 Å². The van der Waals surface area contributed by atoms with Crippen LogP contribution >= 0.6 is 23.1 Å². The third-order valence-corrected chi connectivity index (χ3v) is 7.66. The number of amides is 1. The summed E-state index contributed by atoms with van der Waals surface area (Å²) in [6.07, 6.45) is 0. The lowest BCUT2D eigenvalue weighted by molar-refractivity contribution is -0.115. The minimum atomic E-state index is -0.0473. The summed E-state index contributed by atoms with van der Waals surface area (Å²) in [4.78, 5) is 19.2. The summed E-state index contributed by atoms with van der Waals surface area (Å²) in [7, 11) is 0. The molecule has 172 valence electrons. The fraction of sp³-hybridized carbons (Fsp3) is 0.231. The van der Waals surface area contributed by atoms with Gasteiger partial charge in [-0.25, -0.2) is 4.98 Å². The van der Waals surface area contributed by atoms with E-state index in [9.17, 15) is 4.79 Å². The summed E-state index contributed by atoms with van der Waals surface area (Å²) in [5.74, 6) is 0.589. The van der Waals surface area contributed by atoms with Crippen molar-refractivity contribution in [3.63, 3.8) is 0 Å². The predicted molar refractivity (Wildman–Crippen MR) is 140 cm³/mol. The lowest BCUT2D eigenvalue weighted by atomic mass is 10.0. The number of aryl methyl sites for hydroxylation is 4.